The normalized spacial score (nSPS) is 10.9. The van der Waals surface area contributed by atoms with Crippen LogP contribution in [0.25, 0.3) is 10.2 Å². The molecule has 0 aliphatic carbocycles. The summed E-state index contributed by atoms with van der Waals surface area (Å²) in [5.74, 6) is -0.272. The van der Waals surface area contributed by atoms with Gasteiger partial charge >= 0.3 is 0 Å². The summed E-state index contributed by atoms with van der Waals surface area (Å²) >= 11 is 4.93. The van der Waals surface area contributed by atoms with E-state index in [1.807, 2.05) is 25.1 Å². The Morgan fingerprint density at radius 2 is 2.05 bits per heavy atom. The number of nitrogens with zero attached hydrogens (tertiary/aromatic N) is 1. The van der Waals surface area contributed by atoms with Gasteiger partial charge in [-0.3, -0.25) is 0 Å². The standard InChI is InChI=1S/C14H10BrFN2S/c1-8-2-4-10(16)12(6-8)18-14-17-11-5-3-9(15)7-13(11)19-14/h2-7H,1H3,(H,17,18). The van der Waals surface area contributed by atoms with Gasteiger partial charge in [-0.25, -0.2) is 9.37 Å². The van der Waals surface area contributed by atoms with Crippen LogP contribution in [0.1, 0.15) is 5.56 Å². The molecule has 0 bridgehead atoms. The number of rotatable bonds is 2. The fourth-order valence-electron chi connectivity index (χ4n) is 1.80. The molecule has 0 saturated heterocycles. The summed E-state index contributed by atoms with van der Waals surface area (Å²) in [6.07, 6.45) is 0. The molecule has 96 valence electrons. The second-order valence-electron chi connectivity index (χ2n) is 4.24. The first kappa shape index (κ1) is 12.6. The van der Waals surface area contributed by atoms with E-state index >= 15 is 0 Å². The maximum Gasteiger partial charge on any atom is 0.188 e. The van der Waals surface area contributed by atoms with Gasteiger partial charge < -0.3 is 5.32 Å². The van der Waals surface area contributed by atoms with Crippen LogP contribution in [-0.4, -0.2) is 4.98 Å². The van der Waals surface area contributed by atoms with Gasteiger partial charge in [0.25, 0.3) is 0 Å². The van der Waals surface area contributed by atoms with Gasteiger partial charge in [-0.15, -0.1) is 0 Å². The lowest BCUT2D eigenvalue weighted by Crippen LogP contribution is -1.93. The molecule has 3 rings (SSSR count). The highest BCUT2D eigenvalue weighted by atomic mass is 79.9. The van der Waals surface area contributed by atoms with Crippen LogP contribution in [0.2, 0.25) is 0 Å². The molecule has 0 saturated carbocycles. The van der Waals surface area contributed by atoms with Gasteiger partial charge in [0, 0.05) is 4.47 Å². The Kier molecular flexibility index (Phi) is 3.24. The molecule has 0 spiro atoms. The van der Waals surface area contributed by atoms with E-state index in [1.54, 1.807) is 12.1 Å². The van der Waals surface area contributed by atoms with E-state index in [2.05, 4.69) is 26.2 Å². The second-order valence-corrected chi connectivity index (χ2v) is 6.19. The summed E-state index contributed by atoms with van der Waals surface area (Å²) in [6.45, 7) is 1.93. The van der Waals surface area contributed by atoms with E-state index in [-0.39, 0.29) is 5.82 Å². The molecule has 0 amide bonds. The highest BCUT2D eigenvalue weighted by Gasteiger charge is 2.07. The Hall–Kier alpha value is -1.46. The van der Waals surface area contributed by atoms with E-state index in [0.29, 0.717) is 10.8 Å². The lowest BCUT2D eigenvalue weighted by molar-refractivity contribution is 0.631. The van der Waals surface area contributed by atoms with Gasteiger partial charge in [-0.2, -0.15) is 0 Å². The average molecular weight is 337 g/mol. The molecule has 0 fully saturated rings. The highest BCUT2D eigenvalue weighted by Crippen LogP contribution is 2.31. The van der Waals surface area contributed by atoms with Crippen molar-refractivity contribution in [3.05, 3.63) is 52.3 Å². The largest absolute Gasteiger partial charge is 0.329 e. The molecule has 0 radical (unpaired) electrons. The molecule has 5 heteroatoms. The molecule has 0 aliphatic heterocycles. The number of fused-ring (bicyclic) bond motifs is 1. The van der Waals surface area contributed by atoms with Crippen LogP contribution in [0.3, 0.4) is 0 Å². The molecule has 0 aliphatic rings. The molecule has 1 aromatic heterocycles. The highest BCUT2D eigenvalue weighted by molar-refractivity contribution is 9.10. The summed E-state index contributed by atoms with van der Waals surface area (Å²) < 4.78 is 15.8. The van der Waals surface area contributed by atoms with Crippen molar-refractivity contribution in [3.8, 4) is 0 Å². The molecular formula is C14H10BrFN2S. The minimum atomic E-state index is -0.272. The third-order valence-corrected chi connectivity index (χ3v) is 4.14. The van der Waals surface area contributed by atoms with Gasteiger partial charge in [0.2, 0.25) is 0 Å². The van der Waals surface area contributed by atoms with Gasteiger partial charge in [0.1, 0.15) is 5.82 Å². The van der Waals surface area contributed by atoms with E-state index in [0.717, 1.165) is 20.3 Å². The van der Waals surface area contributed by atoms with Crippen molar-refractivity contribution in [1.82, 2.24) is 4.98 Å². The van der Waals surface area contributed by atoms with Crippen LogP contribution in [0, 0.1) is 12.7 Å². The second kappa shape index (κ2) is 4.90. The van der Waals surface area contributed by atoms with Crippen molar-refractivity contribution >= 4 is 48.3 Å². The Bertz CT molecular complexity index is 754. The summed E-state index contributed by atoms with van der Waals surface area (Å²) in [7, 11) is 0. The zero-order valence-corrected chi connectivity index (χ0v) is 12.5. The van der Waals surface area contributed by atoms with Crippen molar-refractivity contribution in [2.45, 2.75) is 6.92 Å². The van der Waals surface area contributed by atoms with E-state index < -0.39 is 0 Å². The molecule has 2 aromatic carbocycles. The lowest BCUT2D eigenvalue weighted by atomic mass is 10.2. The maximum absolute atomic E-state index is 13.7. The van der Waals surface area contributed by atoms with E-state index in [9.17, 15) is 4.39 Å². The first-order valence-corrected chi connectivity index (χ1v) is 7.32. The predicted molar refractivity (Wildman–Crippen MR) is 81.7 cm³/mol. The molecular weight excluding hydrogens is 327 g/mol. The van der Waals surface area contributed by atoms with Crippen LogP contribution >= 0.6 is 27.3 Å². The van der Waals surface area contributed by atoms with Gasteiger partial charge in [0.15, 0.2) is 5.13 Å². The number of thiazole rings is 1. The molecule has 2 nitrogen and oxygen atoms in total. The van der Waals surface area contributed by atoms with Crippen molar-refractivity contribution < 1.29 is 4.39 Å². The Morgan fingerprint density at radius 3 is 2.89 bits per heavy atom. The summed E-state index contributed by atoms with van der Waals surface area (Å²) in [5.41, 5.74) is 2.37. The Balaban J connectivity index is 1.98. The summed E-state index contributed by atoms with van der Waals surface area (Å²) in [6, 6.07) is 10.9. The van der Waals surface area contributed by atoms with Crippen molar-refractivity contribution in [2.24, 2.45) is 0 Å². The topological polar surface area (TPSA) is 24.9 Å². The number of anilines is 2. The number of hydrogen-bond acceptors (Lipinski definition) is 3. The number of hydrogen-bond donors (Lipinski definition) is 1. The van der Waals surface area contributed by atoms with Crippen LogP contribution < -0.4 is 5.32 Å². The third kappa shape index (κ3) is 2.62. The molecule has 3 aromatic rings. The molecule has 0 atom stereocenters. The minimum absolute atomic E-state index is 0.272. The summed E-state index contributed by atoms with van der Waals surface area (Å²) in [5, 5.41) is 3.73. The zero-order chi connectivity index (χ0) is 13.4. The van der Waals surface area contributed by atoms with Crippen LogP contribution in [0.5, 0.6) is 0 Å². The van der Waals surface area contributed by atoms with Crippen LogP contribution in [0.4, 0.5) is 15.2 Å². The molecule has 1 N–H and O–H groups in total. The SMILES string of the molecule is Cc1ccc(F)c(Nc2nc3ccc(Br)cc3s2)c1. The third-order valence-electron chi connectivity index (χ3n) is 2.71. The van der Waals surface area contributed by atoms with Crippen molar-refractivity contribution in [2.75, 3.05) is 5.32 Å². The number of aromatic nitrogens is 1. The van der Waals surface area contributed by atoms with Gasteiger partial charge in [-0.05, 0) is 42.8 Å². The zero-order valence-electron chi connectivity index (χ0n) is 10.1. The van der Waals surface area contributed by atoms with Crippen LogP contribution in [-0.2, 0) is 0 Å². The van der Waals surface area contributed by atoms with Crippen molar-refractivity contribution in [1.29, 1.82) is 0 Å². The fourth-order valence-corrected chi connectivity index (χ4v) is 3.23. The minimum Gasteiger partial charge on any atom is -0.329 e. The van der Waals surface area contributed by atoms with Gasteiger partial charge in [-0.1, -0.05) is 33.3 Å². The number of halogens is 2. The Labute approximate surface area is 122 Å². The van der Waals surface area contributed by atoms with E-state index in [4.69, 9.17) is 0 Å². The quantitative estimate of drug-likeness (QED) is 0.691. The lowest BCUT2D eigenvalue weighted by Gasteiger charge is -2.04. The number of aryl methyl sites for hydroxylation is 1. The van der Waals surface area contributed by atoms with Crippen molar-refractivity contribution in [3.63, 3.8) is 0 Å². The molecule has 1 heterocycles. The average Bonchev–Trinajstić information content (AvgIpc) is 2.75. The number of nitrogens with one attached hydrogen (secondary N) is 1. The maximum atomic E-state index is 13.7. The van der Waals surface area contributed by atoms with Gasteiger partial charge in [0.05, 0.1) is 15.9 Å². The number of benzene rings is 2. The summed E-state index contributed by atoms with van der Waals surface area (Å²) in [4.78, 5) is 4.44. The predicted octanol–water partition coefficient (Wildman–Crippen LogP) is 5.25. The molecule has 19 heavy (non-hydrogen) atoms. The monoisotopic (exact) mass is 336 g/mol. The first-order chi connectivity index (χ1) is 9.11. The van der Waals surface area contributed by atoms with Crippen LogP contribution in [0.15, 0.2) is 40.9 Å². The smallest absolute Gasteiger partial charge is 0.188 e. The Morgan fingerprint density at radius 1 is 1.21 bits per heavy atom. The fraction of sp³-hybridized carbons (Fsp3) is 0.0714. The molecule has 0 unspecified atom stereocenters. The van der Waals surface area contributed by atoms with E-state index in [1.165, 1.54) is 17.4 Å². The first-order valence-electron chi connectivity index (χ1n) is 5.71.